The minimum Gasteiger partial charge on any atom is -0.348 e. The normalized spacial score (nSPS) is 17.7. The molecule has 4 nitrogen and oxygen atoms in total. The van der Waals surface area contributed by atoms with Gasteiger partial charge in [-0.15, -0.1) is 0 Å². The maximum Gasteiger partial charge on any atom is 0.0709 e. The second kappa shape index (κ2) is 10.8. The number of hydrogen-bond donors (Lipinski definition) is 0. The predicted molar refractivity (Wildman–Crippen MR) is 184 cm³/mol. The van der Waals surface area contributed by atoms with Crippen LogP contribution in [0.1, 0.15) is 48.2 Å². The minimum atomic E-state index is 0.0299. The number of rotatable bonds is 5. The molecule has 4 heteroatoms. The monoisotopic (exact) mass is 570 g/mol. The Bertz CT molecular complexity index is 1940. The van der Waals surface area contributed by atoms with E-state index in [1.165, 1.54) is 33.6 Å². The van der Waals surface area contributed by atoms with Gasteiger partial charge < -0.3 is 9.80 Å². The molecule has 0 radical (unpaired) electrons. The summed E-state index contributed by atoms with van der Waals surface area (Å²) < 4.78 is 0. The Hall–Kier alpha value is -5.22. The Labute approximate surface area is 258 Å². The van der Waals surface area contributed by atoms with E-state index < -0.39 is 0 Å². The van der Waals surface area contributed by atoms with Crippen LogP contribution in [0.2, 0.25) is 0 Å². The van der Waals surface area contributed by atoms with E-state index in [1.807, 2.05) is 0 Å². The SMILES string of the molecule is CCN1C=C(c2ccc3ccccc3n2)C(C2C(c3ccc4ccccc4n3)=CN(CC)c3ccccc32)c2ccccc21. The summed E-state index contributed by atoms with van der Waals surface area (Å²) in [5.41, 5.74) is 11.7. The number of anilines is 2. The Balaban J connectivity index is 1.40. The molecule has 0 saturated heterocycles. The summed E-state index contributed by atoms with van der Waals surface area (Å²) in [7, 11) is 0. The van der Waals surface area contributed by atoms with Crippen molar-refractivity contribution in [3.63, 3.8) is 0 Å². The van der Waals surface area contributed by atoms with Gasteiger partial charge in [-0.05, 0) is 61.4 Å². The summed E-state index contributed by atoms with van der Waals surface area (Å²) in [6.07, 6.45) is 4.70. The molecule has 0 amide bonds. The van der Waals surface area contributed by atoms with Crippen molar-refractivity contribution in [3.8, 4) is 0 Å². The molecule has 0 fully saturated rings. The number of hydrogen-bond acceptors (Lipinski definition) is 4. The van der Waals surface area contributed by atoms with Gasteiger partial charge in [0.2, 0.25) is 0 Å². The summed E-state index contributed by atoms with van der Waals surface area (Å²) in [5, 5.41) is 2.30. The van der Waals surface area contributed by atoms with Crippen LogP contribution in [-0.2, 0) is 0 Å². The number of allylic oxidation sites excluding steroid dienone is 2. The molecule has 44 heavy (non-hydrogen) atoms. The zero-order chi connectivity index (χ0) is 29.6. The fraction of sp³-hybridized carbons (Fsp3) is 0.150. The summed E-state index contributed by atoms with van der Waals surface area (Å²) in [6, 6.07) is 43.4. The lowest BCUT2D eigenvalue weighted by atomic mass is 9.69. The van der Waals surface area contributed by atoms with Gasteiger partial charge in [0.05, 0.1) is 22.4 Å². The van der Waals surface area contributed by atoms with Gasteiger partial charge in [0.25, 0.3) is 0 Å². The van der Waals surface area contributed by atoms with Crippen LogP contribution >= 0.6 is 0 Å². The zero-order valence-electron chi connectivity index (χ0n) is 25.1. The van der Waals surface area contributed by atoms with Crippen molar-refractivity contribution in [2.75, 3.05) is 22.9 Å². The fourth-order valence-electron chi connectivity index (χ4n) is 7.14. The van der Waals surface area contributed by atoms with Crippen molar-refractivity contribution in [1.29, 1.82) is 0 Å². The van der Waals surface area contributed by atoms with E-state index in [4.69, 9.17) is 9.97 Å². The Morgan fingerprint density at radius 3 is 1.34 bits per heavy atom. The van der Waals surface area contributed by atoms with Crippen LogP contribution in [0.25, 0.3) is 33.0 Å². The van der Waals surface area contributed by atoms with Gasteiger partial charge in [-0.2, -0.15) is 0 Å². The first-order valence-corrected chi connectivity index (χ1v) is 15.6. The van der Waals surface area contributed by atoms with E-state index >= 15 is 0 Å². The summed E-state index contributed by atoms with van der Waals surface area (Å²) >= 11 is 0. The smallest absolute Gasteiger partial charge is 0.0709 e. The number of fused-ring (bicyclic) bond motifs is 4. The Morgan fingerprint density at radius 2 is 0.886 bits per heavy atom. The van der Waals surface area contributed by atoms with E-state index in [0.717, 1.165) is 46.3 Å². The first kappa shape index (κ1) is 26.4. The summed E-state index contributed by atoms with van der Waals surface area (Å²) in [6.45, 7) is 6.19. The van der Waals surface area contributed by atoms with Crippen molar-refractivity contribution in [2.24, 2.45) is 0 Å². The van der Waals surface area contributed by atoms with Gasteiger partial charge in [0.15, 0.2) is 0 Å². The summed E-state index contributed by atoms with van der Waals surface area (Å²) in [5.74, 6) is 0.0599. The van der Waals surface area contributed by atoms with Gasteiger partial charge in [-0.1, -0.05) is 84.9 Å². The second-order valence-electron chi connectivity index (χ2n) is 11.6. The average Bonchev–Trinajstić information content (AvgIpc) is 3.10. The highest BCUT2D eigenvalue weighted by molar-refractivity contribution is 5.91. The van der Waals surface area contributed by atoms with E-state index in [-0.39, 0.29) is 11.8 Å². The van der Waals surface area contributed by atoms with Crippen molar-refractivity contribution >= 4 is 44.3 Å². The largest absolute Gasteiger partial charge is 0.348 e. The molecule has 0 aliphatic carbocycles. The number of pyridine rings is 2. The zero-order valence-corrected chi connectivity index (χ0v) is 25.1. The van der Waals surface area contributed by atoms with Crippen molar-refractivity contribution in [2.45, 2.75) is 25.7 Å². The molecule has 8 rings (SSSR count). The highest BCUT2D eigenvalue weighted by atomic mass is 15.1. The van der Waals surface area contributed by atoms with E-state index in [0.29, 0.717) is 0 Å². The highest BCUT2D eigenvalue weighted by Crippen LogP contribution is 2.56. The molecule has 2 aliphatic rings. The van der Waals surface area contributed by atoms with Crippen LogP contribution in [0.4, 0.5) is 11.4 Å². The Morgan fingerprint density at radius 1 is 0.477 bits per heavy atom. The third-order valence-electron chi connectivity index (χ3n) is 9.23. The predicted octanol–water partition coefficient (Wildman–Crippen LogP) is 9.41. The quantitative estimate of drug-likeness (QED) is 0.207. The van der Waals surface area contributed by atoms with Crippen LogP contribution in [0.3, 0.4) is 0 Å². The highest BCUT2D eigenvalue weighted by Gasteiger charge is 2.41. The first-order chi connectivity index (χ1) is 21.7. The van der Waals surface area contributed by atoms with Crippen molar-refractivity contribution < 1.29 is 0 Å². The van der Waals surface area contributed by atoms with Gasteiger partial charge >= 0.3 is 0 Å². The van der Waals surface area contributed by atoms with Crippen LogP contribution < -0.4 is 9.80 Å². The molecule has 2 aromatic heterocycles. The number of aromatic nitrogens is 2. The lowest BCUT2D eigenvalue weighted by Crippen LogP contribution is -2.31. The minimum absolute atomic E-state index is 0.0299. The summed E-state index contributed by atoms with van der Waals surface area (Å²) in [4.78, 5) is 15.3. The van der Waals surface area contributed by atoms with Gasteiger partial charge in [-0.25, -0.2) is 9.97 Å². The first-order valence-electron chi connectivity index (χ1n) is 15.6. The van der Waals surface area contributed by atoms with Crippen LogP contribution in [0, 0.1) is 0 Å². The van der Waals surface area contributed by atoms with E-state index in [2.05, 4.69) is 157 Å². The molecule has 0 bridgehead atoms. The molecule has 6 aromatic rings. The number of benzene rings is 4. The maximum atomic E-state index is 5.27. The number of nitrogens with zero attached hydrogens (tertiary/aromatic N) is 4. The average molecular weight is 571 g/mol. The number of para-hydroxylation sites is 4. The van der Waals surface area contributed by atoms with Gasteiger partial charge in [0, 0.05) is 70.6 Å². The molecular formula is C40H34N4. The topological polar surface area (TPSA) is 32.3 Å². The fourth-order valence-corrected chi connectivity index (χ4v) is 7.14. The second-order valence-corrected chi connectivity index (χ2v) is 11.6. The molecule has 0 N–H and O–H groups in total. The van der Waals surface area contributed by atoms with Gasteiger partial charge in [-0.3, -0.25) is 0 Å². The lowest BCUT2D eigenvalue weighted by Gasteiger charge is -2.42. The molecule has 4 aromatic carbocycles. The maximum absolute atomic E-state index is 5.27. The molecule has 2 aliphatic heterocycles. The van der Waals surface area contributed by atoms with Crippen LogP contribution in [0.5, 0.6) is 0 Å². The lowest BCUT2D eigenvalue weighted by molar-refractivity contribution is 0.731. The third-order valence-corrected chi connectivity index (χ3v) is 9.23. The molecular weight excluding hydrogens is 536 g/mol. The molecule has 4 heterocycles. The molecule has 0 spiro atoms. The van der Waals surface area contributed by atoms with Crippen molar-refractivity contribution in [1.82, 2.24) is 9.97 Å². The molecule has 2 unspecified atom stereocenters. The van der Waals surface area contributed by atoms with Gasteiger partial charge in [0.1, 0.15) is 0 Å². The van der Waals surface area contributed by atoms with Crippen molar-refractivity contribution in [3.05, 3.63) is 156 Å². The van der Waals surface area contributed by atoms with E-state index in [1.54, 1.807) is 0 Å². The molecule has 2 atom stereocenters. The van der Waals surface area contributed by atoms with Crippen LogP contribution in [-0.4, -0.2) is 23.1 Å². The molecule has 0 saturated carbocycles. The van der Waals surface area contributed by atoms with Crippen LogP contribution in [0.15, 0.2) is 134 Å². The van der Waals surface area contributed by atoms with E-state index in [9.17, 15) is 0 Å². The molecule has 214 valence electrons. The third kappa shape index (κ3) is 4.29. The Kier molecular flexibility index (Phi) is 6.48. The standard InChI is InChI=1S/C40H34N4/c1-3-43-25-31(35-23-21-27-13-5-9-17-33(27)41-35)39(29-15-7-11-19-37(29)43)40-30-16-8-12-20-38(30)44(4-2)26-32(40)36-24-22-28-14-6-10-18-34(28)42-36/h5-26,39-40H,3-4H2,1-2H3.